The molecular formula is C19H29NO. The van der Waals surface area contributed by atoms with Crippen LogP contribution in [-0.4, -0.2) is 25.1 Å². The van der Waals surface area contributed by atoms with Gasteiger partial charge in [0.25, 0.3) is 0 Å². The van der Waals surface area contributed by atoms with Crippen LogP contribution in [0, 0.1) is 5.92 Å². The molecule has 2 fully saturated rings. The van der Waals surface area contributed by atoms with Crippen LogP contribution in [0.1, 0.15) is 57.4 Å². The lowest BCUT2D eigenvalue weighted by atomic mass is 9.71. The highest BCUT2D eigenvalue weighted by Crippen LogP contribution is 2.45. The summed E-state index contributed by atoms with van der Waals surface area (Å²) in [7, 11) is 1.77. The standard InChI is InChI=1S/C19H29NO/c1-16-9-11-19(12-10-16,20-13-4-3-5-14-20)17-7-6-8-18(15-17)21-2/h6-8,15-16H,3-5,9-14H2,1-2H3. The molecule has 0 N–H and O–H groups in total. The van der Waals surface area contributed by atoms with Gasteiger partial charge in [-0.15, -0.1) is 0 Å². The maximum atomic E-state index is 5.48. The molecule has 1 heterocycles. The fourth-order valence-electron chi connectivity index (χ4n) is 4.26. The number of hydrogen-bond donors (Lipinski definition) is 0. The van der Waals surface area contributed by atoms with Crippen molar-refractivity contribution in [1.29, 1.82) is 0 Å². The van der Waals surface area contributed by atoms with Gasteiger partial charge in [0, 0.05) is 5.54 Å². The average molecular weight is 287 g/mol. The van der Waals surface area contributed by atoms with Crippen molar-refractivity contribution >= 4 is 0 Å². The number of hydrogen-bond acceptors (Lipinski definition) is 2. The summed E-state index contributed by atoms with van der Waals surface area (Å²) >= 11 is 0. The van der Waals surface area contributed by atoms with Gasteiger partial charge >= 0.3 is 0 Å². The number of nitrogens with zero attached hydrogens (tertiary/aromatic N) is 1. The van der Waals surface area contributed by atoms with Gasteiger partial charge in [-0.2, -0.15) is 0 Å². The molecule has 1 aromatic carbocycles. The molecule has 0 atom stereocenters. The molecule has 0 amide bonds. The second-order valence-corrected chi connectivity index (χ2v) is 6.99. The van der Waals surface area contributed by atoms with Crippen molar-refractivity contribution in [2.45, 2.75) is 57.4 Å². The Kier molecular flexibility index (Phi) is 4.54. The summed E-state index contributed by atoms with van der Waals surface area (Å²) < 4.78 is 5.48. The van der Waals surface area contributed by atoms with Gasteiger partial charge in [0.2, 0.25) is 0 Å². The van der Waals surface area contributed by atoms with E-state index in [4.69, 9.17) is 4.74 Å². The molecule has 0 bridgehead atoms. The molecule has 2 nitrogen and oxygen atoms in total. The van der Waals surface area contributed by atoms with Gasteiger partial charge in [0.1, 0.15) is 5.75 Å². The van der Waals surface area contributed by atoms with Crippen LogP contribution in [0.4, 0.5) is 0 Å². The van der Waals surface area contributed by atoms with Crippen LogP contribution in [-0.2, 0) is 5.54 Å². The molecule has 1 saturated heterocycles. The van der Waals surface area contributed by atoms with E-state index >= 15 is 0 Å². The number of likely N-dealkylation sites (tertiary alicyclic amines) is 1. The molecule has 0 radical (unpaired) electrons. The lowest BCUT2D eigenvalue weighted by molar-refractivity contribution is 0.0194. The monoisotopic (exact) mass is 287 g/mol. The summed E-state index contributed by atoms with van der Waals surface area (Å²) in [5.41, 5.74) is 1.75. The van der Waals surface area contributed by atoms with Crippen LogP contribution in [0.5, 0.6) is 5.75 Å². The molecule has 3 rings (SSSR count). The molecule has 116 valence electrons. The summed E-state index contributed by atoms with van der Waals surface area (Å²) in [5.74, 6) is 1.89. The van der Waals surface area contributed by atoms with E-state index in [1.165, 1.54) is 63.6 Å². The second kappa shape index (κ2) is 6.39. The molecule has 0 aromatic heterocycles. The third-order valence-corrected chi connectivity index (χ3v) is 5.67. The first kappa shape index (κ1) is 14.9. The highest BCUT2D eigenvalue weighted by atomic mass is 16.5. The molecular weight excluding hydrogens is 258 g/mol. The van der Waals surface area contributed by atoms with Crippen LogP contribution in [0.15, 0.2) is 24.3 Å². The van der Waals surface area contributed by atoms with Crippen LogP contribution in [0.3, 0.4) is 0 Å². The zero-order valence-electron chi connectivity index (χ0n) is 13.6. The van der Waals surface area contributed by atoms with Gasteiger partial charge in [-0.25, -0.2) is 0 Å². The van der Waals surface area contributed by atoms with Gasteiger partial charge in [-0.1, -0.05) is 25.5 Å². The van der Waals surface area contributed by atoms with Gasteiger partial charge < -0.3 is 4.74 Å². The largest absolute Gasteiger partial charge is 0.497 e. The highest BCUT2D eigenvalue weighted by molar-refractivity contribution is 5.34. The van der Waals surface area contributed by atoms with E-state index in [1.807, 2.05) is 0 Å². The lowest BCUT2D eigenvalue weighted by Crippen LogP contribution is -2.50. The SMILES string of the molecule is COc1cccc(C2(N3CCCCC3)CCC(C)CC2)c1. The number of benzene rings is 1. The molecule has 2 aliphatic rings. The molecule has 1 aliphatic heterocycles. The number of piperidine rings is 1. The molecule has 0 spiro atoms. The molecule has 1 aliphatic carbocycles. The maximum Gasteiger partial charge on any atom is 0.119 e. The highest BCUT2D eigenvalue weighted by Gasteiger charge is 2.41. The second-order valence-electron chi connectivity index (χ2n) is 6.99. The number of ether oxygens (including phenoxy) is 1. The zero-order chi connectivity index (χ0) is 14.7. The van der Waals surface area contributed by atoms with Gasteiger partial charge in [0.05, 0.1) is 7.11 Å². The summed E-state index contributed by atoms with van der Waals surface area (Å²) in [6.07, 6.45) is 9.45. The normalized spacial score (nSPS) is 31.0. The number of methoxy groups -OCH3 is 1. The van der Waals surface area contributed by atoms with E-state index in [0.29, 0.717) is 0 Å². The van der Waals surface area contributed by atoms with Gasteiger partial charge in [-0.05, 0) is 75.2 Å². The van der Waals surface area contributed by atoms with Crippen molar-refractivity contribution < 1.29 is 4.74 Å². The summed E-state index contributed by atoms with van der Waals surface area (Å²) in [5, 5.41) is 0. The quantitative estimate of drug-likeness (QED) is 0.806. The van der Waals surface area contributed by atoms with Crippen LogP contribution in [0.25, 0.3) is 0 Å². The first-order chi connectivity index (χ1) is 10.2. The van der Waals surface area contributed by atoms with Crippen LogP contribution < -0.4 is 4.74 Å². The molecule has 2 heteroatoms. The first-order valence-electron chi connectivity index (χ1n) is 8.64. The molecule has 21 heavy (non-hydrogen) atoms. The lowest BCUT2D eigenvalue weighted by Gasteiger charge is -2.50. The minimum atomic E-state index is 0.265. The van der Waals surface area contributed by atoms with E-state index in [9.17, 15) is 0 Å². The molecule has 0 unspecified atom stereocenters. The van der Waals surface area contributed by atoms with Gasteiger partial charge in [0.15, 0.2) is 0 Å². The zero-order valence-corrected chi connectivity index (χ0v) is 13.6. The predicted octanol–water partition coefficient (Wildman–Crippen LogP) is 4.59. The van der Waals surface area contributed by atoms with E-state index in [0.717, 1.165) is 11.7 Å². The summed E-state index contributed by atoms with van der Waals surface area (Å²) in [6.45, 7) is 4.95. The number of rotatable bonds is 3. The van der Waals surface area contributed by atoms with E-state index < -0.39 is 0 Å². The minimum absolute atomic E-state index is 0.265. The Morgan fingerprint density at radius 3 is 2.48 bits per heavy atom. The van der Waals surface area contributed by atoms with E-state index in [1.54, 1.807) is 7.11 Å². The topological polar surface area (TPSA) is 12.5 Å². The third kappa shape index (κ3) is 2.96. The fourth-order valence-corrected chi connectivity index (χ4v) is 4.26. The van der Waals surface area contributed by atoms with E-state index in [-0.39, 0.29) is 5.54 Å². The van der Waals surface area contributed by atoms with Crippen molar-refractivity contribution in [2.24, 2.45) is 5.92 Å². The van der Waals surface area contributed by atoms with Crippen LogP contribution >= 0.6 is 0 Å². The van der Waals surface area contributed by atoms with E-state index in [2.05, 4.69) is 36.1 Å². The van der Waals surface area contributed by atoms with Crippen molar-refractivity contribution in [1.82, 2.24) is 4.90 Å². The molecule has 1 saturated carbocycles. The summed E-state index contributed by atoms with van der Waals surface area (Å²) in [4.78, 5) is 2.79. The smallest absolute Gasteiger partial charge is 0.119 e. The Labute approximate surface area is 129 Å². The van der Waals surface area contributed by atoms with Crippen molar-refractivity contribution in [3.63, 3.8) is 0 Å². The third-order valence-electron chi connectivity index (χ3n) is 5.67. The fraction of sp³-hybridized carbons (Fsp3) is 0.684. The summed E-state index contributed by atoms with van der Waals surface area (Å²) in [6, 6.07) is 8.84. The van der Waals surface area contributed by atoms with Crippen molar-refractivity contribution in [3.8, 4) is 5.75 Å². The average Bonchev–Trinajstić information content (AvgIpc) is 2.57. The Bertz CT molecular complexity index is 456. The maximum absolute atomic E-state index is 5.48. The van der Waals surface area contributed by atoms with Crippen molar-refractivity contribution in [2.75, 3.05) is 20.2 Å². The molecule has 1 aromatic rings. The van der Waals surface area contributed by atoms with Crippen LogP contribution in [0.2, 0.25) is 0 Å². The first-order valence-corrected chi connectivity index (χ1v) is 8.64. The Morgan fingerprint density at radius 1 is 1.10 bits per heavy atom. The minimum Gasteiger partial charge on any atom is -0.497 e. The van der Waals surface area contributed by atoms with Crippen molar-refractivity contribution in [3.05, 3.63) is 29.8 Å². The Morgan fingerprint density at radius 2 is 1.81 bits per heavy atom. The Balaban J connectivity index is 1.94. The Hall–Kier alpha value is -1.02. The van der Waals surface area contributed by atoms with Gasteiger partial charge in [-0.3, -0.25) is 4.90 Å². The predicted molar refractivity (Wildman–Crippen MR) is 87.7 cm³/mol.